The molecule has 8 nitrogen and oxygen atoms in total. The zero-order valence-electron chi connectivity index (χ0n) is 16.9. The summed E-state index contributed by atoms with van der Waals surface area (Å²) in [6, 6.07) is 6.07. The van der Waals surface area contributed by atoms with E-state index in [0.717, 1.165) is 24.8 Å². The maximum atomic E-state index is 13.2. The van der Waals surface area contributed by atoms with Crippen LogP contribution in [0.25, 0.3) is 11.2 Å². The molecule has 0 spiro atoms. The highest BCUT2D eigenvalue weighted by Crippen LogP contribution is 2.14. The van der Waals surface area contributed by atoms with Gasteiger partial charge in [0.2, 0.25) is 0 Å². The Bertz CT molecular complexity index is 1130. The summed E-state index contributed by atoms with van der Waals surface area (Å²) in [5.41, 5.74) is 0.708. The highest BCUT2D eigenvalue weighted by Gasteiger charge is 2.17. The highest BCUT2D eigenvalue weighted by molar-refractivity contribution is 5.70. The second kappa shape index (κ2) is 8.93. The van der Waals surface area contributed by atoms with E-state index in [1.165, 1.54) is 27.6 Å². The van der Waals surface area contributed by atoms with Crippen molar-refractivity contribution in [3.8, 4) is 0 Å². The summed E-state index contributed by atoms with van der Waals surface area (Å²) < 4.78 is 28.7. The third-order valence-corrected chi connectivity index (χ3v) is 5.34. The average Bonchev–Trinajstić information content (AvgIpc) is 3.18. The van der Waals surface area contributed by atoms with Crippen molar-refractivity contribution in [2.24, 2.45) is 7.05 Å². The van der Waals surface area contributed by atoms with Gasteiger partial charge in [0.05, 0.1) is 12.9 Å². The summed E-state index contributed by atoms with van der Waals surface area (Å²) in [6.45, 7) is 1.72. The maximum absolute atomic E-state index is 13.2. The van der Waals surface area contributed by atoms with E-state index in [-0.39, 0.29) is 24.2 Å². The van der Waals surface area contributed by atoms with E-state index in [1.807, 2.05) is 0 Å². The number of nitrogens with zero attached hydrogens (tertiary/aromatic N) is 4. The summed E-state index contributed by atoms with van der Waals surface area (Å²) in [5.74, 6) is -0.320. The molecule has 9 heteroatoms. The first kappa shape index (κ1) is 20.5. The van der Waals surface area contributed by atoms with Crippen molar-refractivity contribution in [2.45, 2.75) is 45.1 Å². The molecule has 3 aromatic rings. The number of benzene rings is 1. The van der Waals surface area contributed by atoms with Gasteiger partial charge in [0, 0.05) is 26.7 Å². The molecule has 1 aliphatic heterocycles. The SMILES string of the molecule is Cn1c(=O)n(CCCOC2CCCCO2)c(=O)c2c1ncn2Cc1ccc(F)cc1. The molecule has 1 aliphatic rings. The van der Waals surface area contributed by atoms with Crippen LogP contribution in [-0.4, -0.2) is 38.2 Å². The maximum Gasteiger partial charge on any atom is 0.332 e. The van der Waals surface area contributed by atoms with Gasteiger partial charge in [0.1, 0.15) is 5.82 Å². The molecular weight excluding hydrogens is 391 g/mol. The summed E-state index contributed by atoms with van der Waals surface area (Å²) in [6.07, 6.45) is 4.86. The fourth-order valence-corrected chi connectivity index (χ4v) is 3.71. The third kappa shape index (κ3) is 4.22. The number of hydrogen-bond acceptors (Lipinski definition) is 5. The van der Waals surface area contributed by atoms with Crippen LogP contribution in [-0.2, 0) is 29.6 Å². The normalized spacial score (nSPS) is 16.9. The van der Waals surface area contributed by atoms with Gasteiger partial charge in [0.25, 0.3) is 5.56 Å². The first-order chi connectivity index (χ1) is 14.5. The third-order valence-electron chi connectivity index (χ3n) is 5.34. The quantitative estimate of drug-likeness (QED) is 0.551. The first-order valence-electron chi connectivity index (χ1n) is 10.2. The van der Waals surface area contributed by atoms with Crippen molar-refractivity contribution in [1.29, 1.82) is 0 Å². The van der Waals surface area contributed by atoms with E-state index in [4.69, 9.17) is 9.47 Å². The summed E-state index contributed by atoms with van der Waals surface area (Å²) >= 11 is 0. The number of imidazole rings is 1. The lowest BCUT2D eigenvalue weighted by atomic mass is 10.2. The number of halogens is 1. The van der Waals surface area contributed by atoms with Crippen LogP contribution in [0.2, 0.25) is 0 Å². The molecule has 4 rings (SSSR count). The second-order valence-electron chi connectivity index (χ2n) is 7.49. The molecule has 2 aromatic heterocycles. The average molecular weight is 416 g/mol. The van der Waals surface area contributed by atoms with Crippen LogP contribution in [0.15, 0.2) is 40.2 Å². The molecule has 30 heavy (non-hydrogen) atoms. The largest absolute Gasteiger partial charge is 0.353 e. The van der Waals surface area contributed by atoms with Crippen LogP contribution >= 0.6 is 0 Å². The number of aryl methyl sites for hydroxylation is 1. The number of fused-ring (bicyclic) bond motifs is 1. The Morgan fingerprint density at radius 1 is 1.23 bits per heavy atom. The van der Waals surface area contributed by atoms with Gasteiger partial charge in [-0.25, -0.2) is 14.2 Å². The fraction of sp³-hybridized carbons (Fsp3) is 0.476. The van der Waals surface area contributed by atoms with Crippen molar-refractivity contribution in [3.05, 3.63) is 62.8 Å². The van der Waals surface area contributed by atoms with Gasteiger partial charge in [-0.05, 0) is 43.4 Å². The molecule has 0 bridgehead atoms. The van der Waals surface area contributed by atoms with Gasteiger partial charge in [-0.1, -0.05) is 12.1 Å². The molecule has 1 unspecified atom stereocenters. The van der Waals surface area contributed by atoms with Crippen molar-refractivity contribution in [3.63, 3.8) is 0 Å². The Labute approximate surface area is 172 Å². The van der Waals surface area contributed by atoms with Gasteiger partial charge < -0.3 is 14.0 Å². The van der Waals surface area contributed by atoms with E-state index in [2.05, 4.69) is 4.98 Å². The summed E-state index contributed by atoms with van der Waals surface area (Å²) in [4.78, 5) is 30.0. The molecule has 0 amide bonds. The lowest BCUT2D eigenvalue weighted by Crippen LogP contribution is -2.40. The number of hydrogen-bond donors (Lipinski definition) is 0. The zero-order chi connectivity index (χ0) is 21.1. The van der Waals surface area contributed by atoms with Crippen LogP contribution < -0.4 is 11.2 Å². The molecule has 3 heterocycles. The minimum atomic E-state index is -0.409. The molecule has 1 aromatic carbocycles. The molecule has 160 valence electrons. The van der Waals surface area contributed by atoms with Crippen molar-refractivity contribution < 1.29 is 13.9 Å². The predicted molar refractivity (Wildman–Crippen MR) is 109 cm³/mol. The van der Waals surface area contributed by atoms with E-state index >= 15 is 0 Å². The lowest BCUT2D eigenvalue weighted by molar-refractivity contribution is -0.163. The van der Waals surface area contributed by atoms with Gasteiger partial charge in [0.15, 0.2) is 17.5 Å². The van der Waals surface area contributed by atoms with Crippen LogP contribution in [0.4, 0.5) is 4.39 Å². The monoisotopic (exact) mass is 416 g/mol. The van der Waals surface area contributed by atoms with E-state index in [0.29, 0.717) is 37.3 Å². The summed E-state index contributed by atoms with van der Waals surface area (Å²) in [5, 5.41) is 0. The van der Waals surface area contributed by atoms with Crippen LogP contribution in [0.1, 0.15) is 31.2 Å². The van der Waals surface area contributed by atoms with Crippen LogP contribution in [0, 0.1) is 5.82 Å². The molecule has 1 saturated heterocycles. The fourth-order valence-electron chi connectivity index (χ4n) is 3.71. The smallest absolute Gasteiger partial charge is 0.332 e. The van der Waals surface area contributed by atoms with Crippen LogP contribution in [0.3, 0.4) is 0 Å². The van der Waals surface area contributed by atoms with Crippen LogP contribution in [0.5, 0.6) is 0 Å². The molecule has 1 atom stereocenters. The van der Waals surface area contributed by atoms with Crippen molar-refractivity contribution >= 4 is 11.2 Å². The number of ether oxygens (including phenoxy) is 2. The zero-order valence-corrected chi connectivity index (χ0v) is 16.9. The van der Waals surface area contributed by atoms with E-state index in [9.17, 15) is 14.0 Å². The standard InChI is InChI=1S/C21H25FN4O4/c1-24-19-18(25(14-23-19)13-15-6-8-16(22)9-7-15)20(27)26(21(24)28)10-4-12-30-17-5-2-3-11-29-17/h6-9,14,17H,2-5,10-13H2,1H3. The topological polar surface area (TPSA) is 80.3 Å². The van der Waals surface area contributed by atoms with E-state index < -0.39 is 5.69 Å². The van der Waals surface area contributed by atoms with Gasteiger partial charge in [-0.2, -0.15) is 0 Å². The predicted octanol–water partition coefficient (Wildman–Crippen LogP) is 2.02. The molecule has 0 saturated carbocycles. The summed E-state index contributed by atoms with van der Waals surface area (Å²) in [7, 11) is 1.60. The number of rotatable bonds is 7. The first-order valence-corrected chi connectivity index (χ1v) is 10.2. The van der Waals surface area contributed by atoms with E-state index in [1.54, 1.807) is 23.7 Å². The second-order valence-corrected chi connectivity index (χ2v) is 7.49. The van der Waals surface area contributed by atoms with Gasteiger partial charge >= 0.3 is 5.69 Å². The number of aromatic nitrogens is 4. The molecule has 0 aliphatic carbocycles. The lowest BCUT2D eigenvalue weighted by Gasteiger charge is -2.22. The minimum Gasteiger partial charge on any atom is -0.353 e. The Kier molecular flexibility index (Phi) is 6.10. The Hall–Kier alpha value is -2.78. The molecular formula is C21H25FN4O4. The highest BCUT2D eigenvalue weighted by atomic mass is 19.1. The minimum absolute atomic E-state index is 0.196. The van der Waals surface area contributed by atoms with Gasteiger partial charge in [-0.15, -0.1) is 0 Å². The van der Waals surface area contributed by atoms with Gasteiger partial charge in [-0.3, -0.25) is 13.9 Å². The Morgan fingerprint density at radius 2 is 2.03 bits per heavy atom. The van der Waals surface area contributed by atoms with Crippen molar-refractivity contribution in [2.75, 3.05) is 13.2 Å². The Morgan fingerprint density at radius 3 is 2.77 bits per heavy atom. The molecule has 1 fully saturated rings. The molecule has 0 N–H and O–H groups in total. The Balaban J connectivity index is 1.54. The molecule has 0 radical (unpaired) electrons. The van der Waals surface area contributed by atoms with Crippen molar-refractivity contribution in [1.82, 2.24) is 18.7 Å².